The topological polar surface area (TPSA) is 90.5 Å². The Hall–Kier alpha value is -3.27. The highest BCUT2D eigenvalue weighted by molar-refractivity contribution is 5.88. The summed E-state index contributed by atoms with van der Waals surface area (Å²) >= 11 is 0. The monoisotopic (exact) mass is 448 g/mol. The van der Waals surface area contributed by atoms with Gasteiger partial charge in [0.1, 0.15) is 17.9 Å². The average molecular weight is 449 g/mol. The van der Waals surface area contributed by atoms with Crippen molar-refractivity contribution in [2.75, 3.05) is 44.4 Å². The molecule has 0 unspecified atom stereocenters. The van der Waals surface area contributed by atoms with Crippen LogP contribution in [0.2, 0.25) is 0 Å². The van der Waals surface area contributed by atoms with Gasteiger partial charge in [0.15, 0.2) is 11.5 Å². The number of imidazole rings is 1. The maximum Gasteiger partial charge on any atom is 0.164 e. The third kappa shape index (κ3) is 4.35. The third-order valence-corrected chi connectivity index (χ3v) is 5.84. The van der Waals surface area contributed by atoms with Crippen molar-refractivity contribution in [3.05, 3.63) is 54.0 Å². The number of benzene rings is 1. The van der Waals surface area contributed by atoms with Gasteiger partial charge in [-0.2, -0.15) is 5.10 Å². The highest BCUT2D eigenvalue weighted by Crippen LogP contribution is 2.29. The molecule has 9 heteroatoms. The lowest BCUT2D eigenvalue weighted by Gasteiger charge is -2.29. The van der Waals surface area contributed by atoms with Gasteiger partial charge in [0.25, 0.3) is 0 Å². The van der Waals surface area contributed by atoms with Crippen molar-refractivity contribution >= 4 is 16.9 Å². The predicted molar refractivity (Wildman–Crippen MR) is 126 cm³/mol. The third-order valence-electron chi connectivity index (χ3n) is 5.84. The van der Waals surface area contributed by atoms with E-state index in [2.05, 4.69) is 30.0 Å². The molecule has 0 bridgehead atoms. The van der Waals surface area contributed by atoms with E-state index in [0.29, 0.717) is 19.8 Å². The number of aromatic nitrogens is 5. The summed E-state index contributed by atoms with van der Waals surface area (Å²) in [7, 11) is 1.94. The van der Waals surface area contributed by atoms with Crippen molar-refractivity contribution in [3.63, 3.8) is 0 Å². The Kier molecular flexibility index (Phi) is 6.08. The molecule has 0 spiro atoms. The van der Waals surface area contributed by atoms with Gasteiger partial charge in [-0.1, -0.05) is 23.8 Å². The molecular formula is C24H28N6O3. The Labute approximate surface area is 192 Å². The van der Waals surface area contributed by atoms with Crippen LogP contribution < -0.4 is 4.90 Å². The van der Waals surface area contributed by atoms with Crippen LogP contribution in [0.3, 0.4) is 0 Å². The smallest absolute Gasteiger partial charge is 0.164 e. The summed E-state index contributed by atoms with van der Waals surface area (Å²) in [6.45, 7) is 5.58. The maximum atomic E-state index is 9.04. The summed E-state index contributed by atoms with van der Waals surface area (Å²) in [4.78, 5) is 12.0. The van der Waals surface area contributed by atoms with Gasteiger partial charge in [-0.05, 0) is 19.1 Å². The van der Waals surface area contributed by atoms with Gasteiger partial charge < -0.3 is 24.0 Å². The van der Waals surface area contributed by atoms with Crippen molar-refractivity contribution in [1.29, 1.82) is 0 Å². The van der Waals surface area contributed by atoms with E-state index in [0.717, 1.165) is 52.8 Å². The molecule has 33 heavy (non-hydrogen) atoms. The van der Waals surface area contributed by atoms with Crippen molar-refractivity contribution in [2.24, 2.45) is 7.05 Å². The summed E-state index contributed by atoms with van der Waals surface area (Å²) < 4.78 is 14.9. The minimum absolute atomic E-state index is 0.0199. The van der Waals surface area contributed by atoms with E-state index in [1.807, 2.05) is 40.7 Å². The van der Waals surface area contributed by atoms with Crippen molar-refractivity contribution in [2.45, 2.75) is 13.5 Å². The van der Waals surface area contributed by atoms with Crippen LogP contribution in [0.4, 0.5) is 5.69 Å². The molecule has 0 atom stereocenters. The molecule has 0 amide bonds. The number of aryl methyl sites for hydroxylation is 2. The normalized spacial score (nSPS) is 14.3. The number of hydrogen-bond donors (Lipinski definition) is 1. The Bertz CT molecular complexity index is 1260. The van der Waals surface area contributed by atoms with Crippen LogP contribution in [0.15, 0.2) is 42.6 Å². The lowest BCUT2D eigenvalue weighted by molar-refractivity contribution is 0.0767. The molecule has 0 aliphatic carbocycles. The van der Waals surface area contributed by atoms with Crippen molar-refractivity contribution < 1.29 is 14.6 Å². The predicted octanol–water partition coefficient (Wildman–Crippen LogP) is 2.47. The second-order valence-corrected chi connectivity index (χ2v) is 8.15. The zero-order valence-electron chi connectivity index (χ0n) is 18.9. The fourth-order valence-electron chi connectivity index (χ4n) is 4.10. The molecule has 1 aliphatic rings. The number of morpholine rings is 1. The number of rotatable bonds is 7. The maximum absolute atomic E-state index is 9.04. The average Bonchev–Trinajstić information content (AvgIpc) is 3.45. The highest BCUT2D eigenvalue weighted by Gasteiger charge is 2.21. The van der Waals surface area contributed by atoms with E-state index in [1.165, 1.54) is 5.56 Å². The fraction of sp³-hybridized carbons (Fsp3) is 0.375. The minimum atomic E-state index is -0.0199. The molecule has 1 saturated heterocycles. The summed E-state index contributed by atoms with van der Waals surface area (Å²) in [5.74, 6) is 1.49. The number of anilines is 1. The first-order valence-electron chi connectivity index (χ1n) is 11.1. The largest absolute Gasteiger partial charge is 0.394 e. The van der Waals surface area contributed by atoms with Crippen LogP contribution in [-0.4, -0.2) is 68.9 Å². The Balaban J connectivity index is 1.58. The number of nitrogens with zero attached hydrogens (tertiary/aromatic N) is 6. The van der Waals surface area contributed by atoms with E-state index in [9.17, 15) is 0 Å². The molecule has 1 aliphatic heterocycles. The molecule has 3 aromatic heterocycles. The van der Waals surface area contributed by atoms with Gasteiger partial charge in [0.2, 0.25) is 0 Å². The van der Waals surface area contributed by atoms with Crippen LogP contribution in [0.1, 0.15) is 11.4 Å². The van der Waals surface area contributed by atoms with Gasteiger partial charge in [0.05, 0.1) is 37.8 Å². The lowest BCUT2D eigenvalue weighted by atomic mass is 10.1. The first kappa shape index (κ1) is 21.6. The zero-order chi connectivity index (χ0) is 22.8. The van der Waals surface area contributed by atoms with Crippen LogP contribution in [-0.2, 0) is 23.1 Å². The first-order valence-corrected chi connectivity index (χ1v) is 11.1. The van der Waals surface area contributed by atoms with Crippen LogP contribution in [0.5, 0.6) is 0 Å². The van der Waals surface area contributed by atoms with E-state index in [4.69, 9.17) is 29.6 Å². The van der Waals surface area contributed by atoms with Gasteiger partial charge in [-0.25, -0.2) is 14.6 Å². The molecule has 4 aromatic rings. The summed E-state index contributed by atoms with van der Waals surface area (Å²) in [6, 6.07) is 12.4. The van der Waals surface area contributed by atoms with Crippen LogP contribution in [0.25, 0.3) is 28.2 Å². The number of hydrogen-bond acceptors (Lipinski definition) is 7. The molecule has 1 N–H and O–H groups in total. The number of aliphatic hydroxyl groups excluding tert-OH is 1. The quantitative estimate of drug-likeness (QED) is 0.435. The molecule has 9 nitrogen and oxygen atoms in total. The molecule has 0 saturated carbocycles. The number of pyridine rings is 1. The van der Waals surface area contributed by atoms with E-state index < -0.39 is 0 Å². The Morgan fingerprint density at radius 3 is 2.76 bits per heavy atom. The van der Waals surface area contributed by atoms with E-state index in [-0.39, 0.29) is 13.2 Å². The van der Waals surface area contributed by atoms with Gasteiger partial charge in [0, 0.05) is 38.0 Å². The van der Waals surface area contributed by atoms with E-state index >= 15 is 0 Å². The SMILES string of the molecule is Cc1cccc(-c2ccn(-c3cc(N4CCOCC4)c4nc(COCCO)n(C)c4n3)n2)c1. The van der Waals surface area contributed by atoms with Crippen LogP contribution >= 0.6 is 0 Å². The molecule has 5 rings (SSSR count). The number of ether oxygens (including phenoxy) is 2. The van der Waals surface area contributed by atoms with Gasteiger partial charge in [-0.15, -0.1) is 0 Å². The molecule has 1 fully saturated rings. The molecule has 1 aromatic carbocycles. The molecule has 4 heterocycles. The van der Waals surface area contributed by atoms with Crippen LogP contribution in [0, 0.1) is 6.92 Å². The van der Waals surface area contributed by atoms with Gasteiger partial charge >= 0.3 is 0 Å². The minimum Gasteiger partial charge on any atom is -0.394 e. The number of aliphatic hydroxyl groups is 1. The lowest BCUT2D eigenvalue weighted by Crippen LogP contribution is -2.36. The summed E-state index contributed by atoms with van der Waals surface area (Å²) in [5.41, 5.74) is 5.78. The second kappa shape index (κ2) is 9.30. The standard InChI is InChI=1S/C24H28N6O3/c1-17-4-3-5-18(14-17)19-6-7-30(27-19)21-15-20(29-8-11-32-12-9-29)23-24(26-21)28(2)22(25-23)16-33-13-10-31/h3-7,14-15,31H,8-13,16H2,1-2H3. The summed E-state index contributed by atoms with van der Waals surface area (Å²) in [5, 5.41) is 13.8. The molecule has 172 valence electrons. The fourth-order valence-corrected chi connectivity index (χ4v) is 4.10. The van der Waals surface area contributed by atoms with E-state index in [1.54, 1.807) is 0 Å². The Morgan fingerprint density at radius 1 is 1.12 bits per heavy atom. The summed E-state index contributed by atoms with van der Waals surface area (Å²) in [6.07, 6.45) is 1.94. The molecule has 0 radical (unpaired) electrons. The Morgan fingerprint density at radius 2 is 1.97 bits per heavy atom. The zero-order valence-corrected chi connectivity index (χ0v) is 18.9. The second-order valence-electron chi connectivity index (χ2n) is 8.15. The highest BCUT2D eigenvalue weighted by atomic mass is 16.5. The first-order chi connectivity index (χ1) is 16.1. The van der Waals surface area contributed by atoms with Crippen molar-refractivity contribution in [1.82, 2.24) is 24.3 Å². The van der Waals surface area contributed by atoms with Crippen molar-refractivity contribution in [3.8, 4) is 17.1 Å². The number of fused-ring (bicyclic) bond motifs is 1. The van der Waals surface area contributed by atoms with Gasteiger partial charge in [-0.3, -0.25) is 0 Å². The molecular weight excluding hydrogens is 420 g/mol.